The topological polar surface area (TPSA) is 56.3 Å². The first-order chi connectivity index (χ1) is 13.0. The van der Waals surface area contributed by atoms with Gasteiger partial charge < -0.3 is 4.74 Å². The number of aromatic nitrogens is 1. The van der Waals surface area contributed by atoms with Crippen molar-refractivity contribution < 1.29 is 14.3 Å². The Bertz CT molecular complexity index is 984. The average Bonchev–Trinajstić information content (AvgIpc) is 2.66. The van der Waals surface area contributed by atoms with E-state index in [0.29, 0.717) is 10.6 Å². The quantitative estimate of drug-likeness (QED) is 0.335. The van der Waals surface area contributed by atoms with Crippen LogP contribution in [0.2, 0.25) is 5.02 Å². The van der Waals surface area contributed by atoms with Crippen molar-refractivity contribution in [3.05, 3.63) is 76.4 Å². The number of carbonyl (C=O) groups is 2. The standard InChI is InChI=1S/C22H20ClNO3/c1-2-27-22(26)14-21(25)17-5-3-4-15(12-17)6-10-19-11-8-16-7-9-18(23)13-20(16)24-19/h3-5,7-9,11-13H,2,6,10,14H2,1H3. The number of benzene rings is 2. The fourth-order valence-electron chi connectivity index (χ4n) is 2.89. The van der Waals surface area contributed by atoms with Crippen molar-refractivity contribution >= 4 is 34.3 Å². The van der Waals surface area contributed by atoms with Gasteiger partial charge in [-0.3, -0.25) is 14.6 Å². The van der Waals surface area contributed by atoms with Crippen molar-refractivity contribution in [2.24, 2.45) is 0 Å². The van der Waals surface area contributed by atoms with Crippen molar-refractivity contribution in [1.29, 1.82) is 0 Å². The zero-order valence-electron chi connectivity index (χ0n) is 15.1. The van der Waals surface area contributed by atoms with Crippen LogP contribution in [0.5, 0.6) is 0 Å². The summed E-state index contributed by atoms with van der Waals surface area (Å²) in [5.41, 5.74) is 3.39. The van der Waals surface area contributed by atoms with Crippen molar-refractivity contribution in [3.8, 4) is 0 Å². The molecule has 2 aromatic carbocycles. The van der Waals surface area contributed by atoms with Crippen LogP contribution in [0.25, 0.3) is 10.9 Å². The number of nitrogens with zero attached hydrogens (tertiary/aromatic N) is 1. The SMILES string of the molecule is CCOC(=O)CC(=O)c1cccc(CCc2ccc3ccc(Cl)cc3n2)c1. The molecule has 4 nitrogen and oxygen atoms in total. The van der Waals surface area contributed by atoms with E-state index >= 15 is 0 Å². The second kappa shape index (κ2) is 8.78. The first-order valence-electron chi connectivity index (χ1n) is 8.88. The molecule has 0 aliphatic rings. The number of fused-ring (bicyclic) bond motifs is 1. The van der Waals surface area contributed by atoms with Crippen LogP contribution in [0, 0.1) is 0 Å². The predicted molar refractivity (Wildman–Crippen MR) is 106 cm³/mol. The number of carbonyl (C=O) groups excluding carboxylic acids is 2. The highest BCUT2D eigenvalue weighted by molar-refractivity contribution is 6.31. The predicted octanol–water partition coefficient (Wildman–Crippen LogP) is 4.81. The molecule has 0 aliphatic heterocycles. The van der Waals surface area contributed by atoms with E-state index in [2.05, 4.69) is 4.98 Å². The van der Waals surface area contributed by atoms with Crippen molar-refractivity contribution in [2.75, 3.05) is 6.61 Å². The molecular weight excluding hydrogens is 362 g/mol. The molecule has 0 spiro atoms. The van der Waals surface area contributed by atoms with Crippen LogP contribution >= 0.6 is 11.6 Å². The second-order valence-corrected chi connectivity index (χ2v) is 6.68. The lowest BCUT2D eigenvalue weighted by Gasteiger charge is -2.06. The number of ketones is 1. The van der Waals surface area contributed by atoms with Gasteiger partial charge in [-0.15, -0.1) is 0 Å². The summed E-state index contributed by atoms with van der Waals surface area (Å²) in [6, 6.07) is 17.1. The third kappa shape index (κ3) is 5.14. The number of ether oxygens (including phenoxy) is 1. The lowest BCUT2D eigenvalue weighted by molar-refractivity contribution is -0.141. The first kappa shape index (κ1) is 19.1. The van der Waals surface area contributed by atoms with E-state index in [9.17, 15) is 9.59 Å². The minimum Gasteiger partial charge on any atom is -0.466 e. The molecule has 0 amide bonds. The molecule has 3 rings (SSSR count). The molecule has 0 aliphatic carbocycles. The van der Waals surface area contributed by atoms with E-state index < -0.39 is 5.97 Å². The molecule has 0 saturated carbocycles. The summed E-state index contributed by atoms with van der Waals surface area (Å²) >= 11 is 6.04. The summed E-state index contributed by atoms with van der Waals surface area (Å²) in [5.74, 6) is -0.722. The lowest BCUT2D eigenvalue weighted by Crippen LogP contribution is -2.11. The van der Waals surface area contributed by atoms with E-state index in [1.165, 1.54) is 0 Å². The van der Waals surface area contributed by atoms with Gasteiger partial charge in [-0.2, -0.15) is 0 Å². The van der Waals surface area contributed by atoms with Gasteiger partial charge in [-0.25, -0.2) is 0 Å². The van der Waals surface area contributed by atoms with E-state index in [4.69, 9.17) is 16.3 Å². The Hall–Kier alpha value is -2.72. The number of aryl methyl sites for hydroxylation is 2. The van der Waals surface area contributed by atoms with E-state index in [1.54, 1.807) is 13.0 Å². The Kier molecular flexibility index (Phi) is 6.20. The summed E-state index contributed by atoms with van der Waals surface area (Å²) in [6.45, 7) is 1.99. The molecule has 3 aromatic rings. The summed E-state index contributed by atoms with van der Waals surface area (Å²) in [7, 11) is 0. The Balaban J connectivity index is 1.68. The van der Waals surface area contributed by atoms with Gasteiger partial charge >= 0.3 is 5.97 Å². The van der Waals surface area contributed by atoms with Gasteiger partial charge in [0.05, 0.1) is 12.1 Å². The fraction of sp³-hybridized carbons (Fsp3) is 0.227. The maximum atomic E-state index is 12.2. The maximum Gasteiger partial charge on any atom is 0.313 e. The average molecular weight is 382 g/mol. The molecule has 0 unspecified atom stereocenters. The second-order valence-electron chi connectivity index (χ2n) is 6.24. The number of hydrogen-bond donors (Lipinski definition) is 0. The van der Waals surface area contributed by atoms with Gasteiger partial charge in [0, 0.05) is 21.7 Å². The summed E-state index contributed by atoms with van der Waals surface area (Å²) in [6.07, 6.45) is 1.27. The molecule has 27 heavy (non-hydrogen) atoms. The molecule has 138 valence electrons. The molecule has 1 heterocycles. The highest BCUT2D eigenvalue weighted by Gasteiger charge is 2.13. The zero-order valence-corrected chi connectivity index (χ0v) is 15.8. The summed E-state index contributed by atoms with van der Waals surface area (Å²) in [4.78, 5) is 28.4. The maximum absolute atomic E-state index is 12.2. The number of hydrogen-bond acceptors (Lipinski definition) is 4. The van der Waals surface area contributed by atoms with Gasteiger partial charge in [-0.1, -0.05) is 41.9 Å². The Morgan fingerprint density at radius 1 is 1.04 bits per heavy atom. The Labute approximate surface area is 163 Å². The van der Waals surface area contributed by atoms with Crippen molar-refractivity contribution in [2.45, 2.75) is 26.2 Å². The number of esters is 1. The lowest BCUT2D eigenvalue weighted by atomic mass is 10.0. The number of halogens is 1. The smallest absolute Gasteiger partial charge is 0.313 e. The highest BCUT2D eigenvalue weighted by atomic mass is 35.5. The molecule has 0 saturated heterocycles. The van der Waals surface area contributed by atoms with Gasteiger partial charge in [0.2, 0.25) is 0 Å². The van der Waals surface area contributed by atoms with Gasteiger partial charge in [0.1, 0.15) is 6.42 Å². The zero-order chi connectivity index (χ0) is 19.2. The first-order valence-corrected chi connectivity index (χ1v) is 9.26. The molecular formula is C22H20ClNO3. The molecule has 0 N–H and O–H groups in total. The van der Waals surface area contributed by atoms with Crippen molar-refractivity contribution in [3.63, 3.8) is 0 Å². The largest absolute Gasteiger partial charge is 0.466 e. The Morgan fingerprint density at radius 3 is 2.67 bits per heavy atom. The van der Waals surface area contributed by atoms with Crippen LogP contribution in [-0.2, 0) is 22.4 Å². The summed E-state index contributed by atoms with van der Waals surface area (Å²) < 4.78 is 4.84. The molecule has 0 fully saturated rings. The third-order valence-electron chi connectivity index (χ3n) is 4.24. The van der Waals surface area contributed by atoms with Crippen LogP contribution in [0.1, 0.15) is 35.0 Å². The minimum absolute atomic E-state index is 0.228. The van der Waals surface area contributed by atoms with Crippen LogP contribution in [0.3, 0.4) is 0 Å². The van der Waals surface area contributed by atoms with Gasteiger partial charge in [0.15, 0.2) is 5.78 Å². The van der Waals surface area contributed by atoms with Crippen LogP contribution in [0.4, 0.5) is 0 Å². The highest BCUT2D eigenvalue weighted by Crippen LogP contribution is 2.19. The number of pyridine rings is 1. The van der Waals surface area contributed by atoms with Crippen LogP contribution in [-0.4, -0.2) is 23.3 Å². The minimum atomic E-state index is -0.494. The molecule has 0 bridgehead atoms. The van der Waals surface area contributed by atoms with Gasteiger partial charge in [-0.05, 0) is 49.6 Å². The molecule has 5 heteroatoms. The van der Waals surface area contributed by atoms with E-state index in [1.807, 2.05) is 48.5 Å². The Morgan fingerprint density at radius 2 is 1.85 bits per heavy atom. The fourth-order valence-corrected chi connectivity index (χ4v) is 3.06. The molecule has 0 atom stereocenters. The molecule has 0 radical (unpaired) electrons. The van der Waals surface area contributed by atoms with Crippen molar-refractivity contribution in [1.82, 2.24) is 4.98 Å². The number of Topliss-reactive ketones (excluding diaryl/α,β-unsaturated/α-hetero) is 1. The third-order valence-corrected chi connectivity index (χ3v) is 4.48. The normalized spacial score (nSPS) is 10.7. The van der Waals surface area contributed by atoms with Crippen LogP contribution in [0.15, 0.2) is 54.6 Å². The van der Waals surface area contributed by atoms with Crippen LogP contribution < -0.4 is 0 Å². The number of rotatable bonds is 7. The van der Waals surface area contributed by atoms with E-state index in [-0.39, 0.29) is 18.8 Å². The monoisotopic (exact) mass is 381 g/mol. The summed E-state index contributed by atoms with van der Waals surface area (Å²) in [5, 5.41) is 1.72. The van der Waals surface area contributed by atoms with Gasteiger partial charge in [0.25, 0.3) is 0 Å². The van der Waals surface area contributed by atoms with E-state index in [0.717, 1.165) is 35.0 Å². The molecule has 1 aromatic heterocycles.